The number of sulfonamides is 1. The quantitative estimate of drug-likeness (QED) is 0.918. The van der Waals surface area contributed by atoms with Crippen LogP contribution in [-0.4, -0.2) is 21.4 Å². The first-order chi connectivity index (χ1) is 10.4. The molecule has 6 heteroatoms. The molecule has 0 saturated carbocycles. The van der Waals surface area contributed by atoms with Crippen LogP contribution in [0.5, 0.6) is 5.75 Å². The van der Waals surface area contributed by atoms with Crippen LogP contribution in [-0.2, 0) is 14.8 Å². The van der Waals surface area contributed by atoms with Crippen molar-refractivity contribution in [2.45, 2.75) is 17.7 Å². The number of hydrogen-bond donors (Lipinski definition) is 1. The highest BCUT2D eigenvalue weighted by atomic mass is 32.2. The molecule has 0 bridgehead atoms. The molecule has 116 valence electrons. The highest BCUT2D eigenvalue weighted by molar-refractivity contribution is 7.90. The van der Waals surface area contributed by atoms with Gasteiger partial charge in [-0.3, -0.25) is 4.79 Å². The van der Waals surface area contributed by atoms with Gasteiger partial charge in [0, 0.05) is 0 Å². The highest BCUT2D eigenvalue weighted by Gasteiger charge is 2.22. The Labute approximate surface area is 130 Å². The van der Waals surface area contributed by atoms with Gasteiger partial charge in [-0.25, -0.2) is 13.1 Å². The first-order valence-electron chi connectivity index (χ1n) is 6.69. The van der Waals surface area contributed by atoms with Gasteiger partial charge in [0.1, 0.15) is 5.75 Å². The first kappa shape index (κ1) is 16.0. The van der Waals surface area contributed by atoms with Gasteiger partial charge in [0.2, 0.25) is 5.91 Å². The zero-order valence-corrected chi connectivity index (χ0v) is 13.1. The molecule has 1 N–H and O–H groups in total. The molecule has 0 saturated heterocycles. The first-order valence-corrected chi connectivity index (χ1v) is 8.18. The fraction of sp³-hybridized carbons (Fsp3) is 0.188. The lowest BCUT2D eigenvalue weighted by atomic mass is 10.0. The maximum absolute atomic E-state index is 12.2. The summed E-state index contributed by atoms with van der Waals surface area (Å²) in [5, 5.41) is 0. The third-order valence-electron chi connectivity index (χ3n) is 3.30. The van der Waals surface area contributed by atoms with E-state index in [2.05, 4.69) is 4.72 Å². The Bertz CT molecular complexity index is 739. The maximum Gasteiger partial charge on any atom is 0.264 e. The predicted octanol–water partition coefficient (Wildman–Crippen LogP) is 2.30. The van der Waals surface area contributed by atoms with E-state index in [1.54, 1.807) is 56.5 Å². The molecule has 0 spiro atoms. The summed E-state index contributed by atoms with van der Waals surface area (Å²) < 4.78 is 31.4. The molecule has 2 aromatic carbocycles. The summed E-state index contributed by atoms with van der Waals surface area (Å²) in [6, 6.07) is 14.7. The minimum atomic E-state index is -3.85. The minimum absolute atomic E-state index is 0.0604. The third-order valence-corrected chi connectivity index (χ3v) is 4.66. The Morgan fingerprint density at radius 2 is 1.64 bits per heavy atom. The van der Waals surface area contributed by atoms with Crippen LogP contribution in [0.4, 0.5) is 0 Å². The maximum atomic E-state index is 12.2. The predicted molar refractivity (Wildman–Crippen MR) is 83.2 cm³/mol. The van der Waals surface area contributed by atoms with E-state index in [9.17, 15) is 13.2 Å². The topological polar surface area (TPSA) is 72.5 Å². The van der Waals surface area contributed by atoms with Gasteiger partial charge in [0.25, 0.3) is 10.0 Å². The molecule has 1 unspecified atom stereocenters. The van der Waals surface area contributed by atoms with Crippen LogP contribution >= 0.6 is 0 Å². The van der Waals surface area contributed by atoms with Crippen molar-refractivity contribution < 1.29 is 17.9 Å². The van der Waals surface area contributed by atoms with E-state index in [0.29, 0.717) is 11.3 Å². The van der Waals surface area contributed by atoms with Crippen molar-refractivity contribution in [3.8, 4) is 5.75 Å². The lowest BCUT2D eigenvalue weighted by molar-refractivity contribution is -0.120. The van der Waals surface area contributed by atoms with Gasteiger partial charge in [-0.1, -0.05) is 30.3 Å². The number of carbonyl (C=O) groups is 1. The molecule has 1 amide bonds. The number of hydrogen-bond acceptors (Lipinski definition) is 4. The van der Waals surface area contributed by atoms with Crippen molar-refractivity contribution in [3.63, 3.8) is 0 Å². The van der Waals surface area contributed by atoms with Crippen LogP contribution in [0.2, 0.25) is 0 Å². The Morgan fingerprint density at radius 3 is 2.18 bits per heavy atom. The van der Waals surface area contributed by atoms with Crippen molar-refractivity contribution in [1.82, 2.24) is 4.72 Å². The molecule has 0 aliphatic carbocycles. The lowest BCUT2D eigenvalue weighted by Crippen LogP contribution is -2.33. The summed E-state index contributed by atoms with van der Waals surface area (Å²) in [5.41, 5.74) is 0.710. The van der Waals surface area contributed by atoms with E-state index in [-0.39, 0.29) is 4.90 Å². The Hall–Kier alpha value is -2.34. The van der Waals surface area contributed by atoms with E-state index in [1.165, 1.54) is 12.1 Å². The Balaban J connectivity index is 2.14. The molecule has 0 aromatic heterocycles. The van der Waals surface area contributed by atoms with Crippen LogP contribution in [0.3, 0.4) is 0 Å². The minimum Gasteiger partial charge on any atom is -0.497 e. The van der Waals surface area contributed by atoms with Gasteiger partial charge in [-0.05, 0) is 36.8 Å². The second kappa shape index (κ2) is 6.62. The molecule has 0 heterocycles. The van der Waals surface area contributed by atoms with Crippen molar-refractivity contribution in [2.24, 2.45) is 0 Å². The molecule has 5 nitrogen and oxygen atoms in total. The van der Waals surface area contributed by atoms with Gasteiger partial charge >= 0.3 is 0 Å². The van der Waals surface area contributed by atoms with Crippen molar-refractivity contribution in [1.29, 1.82) is 0 Å². The Morgan fingerprint density at radius 1 is 1.05 bits per heavy atom. The summed E-state index contributed by atoms with van der Waals surface area (Å²) in [5.74, 6) is -0.494. The SMILES string of the molecule is COc1ccc(C(C)C(=O)NS(=O)(=O)c2ccccc2)cc1. The monoisotopic (exact) mass is 319 g/mol. The van der Waals surface area contributed by atoms with Crippen molar-refractivity contribution in [3.05, 3.63) is 60.2 Å². The third kappa shape index (κ3) is 3.65. The number of rotatable bonds is 5. The number of carbonyl (C=O) groups excluding carboxylic acids is 1. The van der Waals surface area contributed by atoms with Crippen LogP contribution in [0, 0.1) is 0 Å². The summed E-state index contributed by atoms with van der Waals surface area (Å²) in [6.45, 7) is 1.65. The fourth-order valence-electron chi connectivity index (χ4n) is 1.92. The second-order valence-electron chi connectivity index (χ2n) is 4.78. The van der Waals surface area contributed by atoms with E-state index in [4.69, 9.17) is 4.74 Å². The summed E-state index contributed by atoms with van der Waals surface area (Å²) in [6.07, 6.45) is 0. The summed E-state index contributed by atoms with van der Waals surface area (Å²) in [7, 11) is -2.30. The van der Waals surface area contributed by atoms with E-state index in [0.717, 1.165) is 0 Å². The zero-order valence-electron chi connectivity index (χ0n) is 12.3. The average molecular weight is 319 g/mol. The van der Waals surface area contributed by atoms with E-state index >= 15 is 0 Å². The van der Waals surface area contributed by atoms with Crippen LogP contribution in [0.1, 0.15) is 18.4 Å². The smallest absolute Gasteiger partial charge is 0.264 e. The lowest BCUT2D eigenvalue weighted by Gasteiger charge is -2.13. The molecular weight excluding hydrogens is 302 g/mol. The van der Waals surface area contributed by atoms with E-state index < -0.39 is 21.8 Å². The average Bonchev–Trinajstić information content (AvgIpc) is 2.54. The zero-order chi connectivity index (χ0) is 16.2. The standard InChI is InChI=1S/C16H17NO4S/c1-12(13-8-10-14(21-2)11-9-13)16(18)17-22(19,20)15-6-4-3-5-7-15/h3-12H,1-2H3,(H,17,18). The van der Waals surface area contributed by atoms with E-state index in [1.807, 2.05) is 0 Å². The molecule has 0 fully saturated rings. The fourth-order valence-corrected chi connectivity index (χ4v) is 3.00. The molecule has 0 radical (unpaired) electrons. The number of benzene rings is 2. The molecule has 0 aliphatic heterocycles. The number of amides is 1. The normalized spacial score (nSPS) is 12.5. The van der Waals surface area contributed by atoms with Crippen molar-refractivity contribution >= 4 is 15.9 Å². The van der Waals surface area contributed by atoms with Gasteiger partial charge in [-0.15, -0.1) is 0 Å². The number of ether oxygens (including phenoxy) is 1. The molecule has 22 heavy (non-hydrogen) atoms. The largest absolute Gasteiger partial charge is 0.497 e. The number of methoxy groups -OCH3 is 1. The van der Waals surface area contributed by atoms with Gasteiger partial charge in [-0.2, -0.15) is 0 Å². The van der Waals surface area contributed by atoms with Gasteiger partial charge in [0.05, 0.1) is 17.9 Å². The summed E-state index contributed by atoms with van der Waals surface area (Å²) in [4.78, 5) is 12.2. The number of nitrogens with one attached hydrogen (secondary N) is 1. The molecule has 0 aliphatic rings. The van der Waals surface area contributed by atoms with Crippen LogP contribution in [0.15, 0.2) is 59.5 Å². The van der Waals surface area contributed by atoms with Gasteiger partial charge < -0.3 is 4.74 Å². The van der Waals surface area contributed by atoms with Gasteiger partial charge in [0.15, 0.2) is 0 Å². The molecule has 2 aromatic rings. The molecule has 1 atom stereocenters. The molecule has 2 rings (SSSR count). The summed E-state index contributed by atoms with van der Waals surface area (Å²) >= 11 is 0. The van der Waals surface area contributed by atoms with Crippen LogP contribution in [0.25, 0.3) is 0 Å². The second-order valence-corrected chi connectivity index (χ2v) is 6.46. The molecular formula is C16H17NO4S. The van der Waals surface area contributed by atoms with Crippen LogP contribution < -0.4 is 9.46 Å². The van der Waals surface area contributed by atoms with Crippen molar-refractivity contribution in [2.75, 3.05) is 7.11 Å². The highest BCUT2D eigenvalue weighted by Crippen LogP contribution is 2.20. The Kier molecular flexibility index (Phi) is 4.82.